The SMILES string of the molecule is COc1cc(CCNC(=O)C23CC4CC(CC(C4)C2)C3)ccc1OC(F)F. The average molecular weight is 379 g/mol. The van der Waals surface area contributed by atoms with Gasteiger partial charge >= 0.3 is 6.61 Å². The highest BCUT2D eigenvalue weighted by atomic mass is 19.3. The Bertz CT molecular complexity index is 671. The van der Waals surface area contributed by atoms with Crippen molar-refractivity contribution in [2.24, 2.45) is 23.2 Å². The lowest BCUT2D eigenvalue weighted by Crippen LogP contribution is -2.53. The summed E-state index contributed by atoms with van der Waals surface area (Å²) in [5.41, 5.74) is 0.779. The minimum absolute atomic E-state index is 0.0221. The Morgan fingerprint density at radius 3 is 2.33 bits per heavy atom. The van der Waals surface area contributed by atoms with E-state index in [-0.39, 0.29) is 22.8 Å². The Balaban J connectivity index is 1.34. The number of amides is 1. The maximum absolute atomic E-state index is 12.9. The lowest BCUT2D eigenvalue weighted by Gasteiger charge is -2.55. The monoisotopic (exact) mass is 379 g/mol. The van der Waals surface area contributed by atoms with Crippen LogP contribution in [0.15, 0.2) is 18.2 Å². The zero-order chi connectivity index (χ0) is 19.0. The van der Waals surface area contributed by atoms with Gasteiger partial charge in [-0.2, -0.15) is 8.78 Å². The zero-order valence-corrected chi connectivity index (χ0v) is 15.7. The smallest absolute Gasteiger partial charge is 0.387 e. The number of carbonyl (C=O) groups is 1. The zero-order valence-electron chi connectivity index (χ0n) is 15.7. The van der Waals surface area contributed by atoms with Crippen LogP contribution in [0.4, 0.5) is 8.78 Å². The molecule has 4 aliphatic carbocycles. The number of ether oxygens (including phenoxy) is 2. The van der Waals surface area contributed by atoms with Crippen LogP contribution < -0.4 is 14.8 Å². The van der Waals surface area contributed by atoms with Gasteiger partial charge in [-0.1, -0.05) is 6.07 Å². The van der Waals surface area contributed by atoms with Gasteiger partial charge in [-0.05, 0) is 80.4 Å². The molecule has 0 aliphatic heterocycles. The van der Waals surface area contributed by atoms with E-state index < -0.39 is 6.61 Å². The first-order valence-electron chi connectivity index (χ1n) is 9.87. The molecule has 148 valence electrons. The molecule has 1 N–H and O–H groups in total. The molecule has 0 heterocycles. The summed E-state index contributed by atoms with van der Waals surface area (Å²) in [7, 11) is 1.42. The van der Waals surface area contributed by atoms with Gasteiger partial charge in [0.1, 0.15) is 0 Å². The van der Waals surface area contributed by atoms with E-state index in [1.54, 1.807) is 12.1 Å². The Morgan fingerprint density at radius 1 is 1.15 bits per heavy atom. The van der Waals surface area contributed by atoms with Crippen LogP contribution in [-0.4, -0.2) is 26.2 Å². The fourth-order valence-electron chi connectivity index (χ4n) is 5.96. The molecule has 0 aromatic heterocycles. The number of hydrogen-bond acceptors (Lipinski definition) is 3. The second-order valence-corrected chi connectivity index (χ2v) is 8.57. The molecule has 4 bridgehead atoms. The predicted octanol–water partition coefficient (Wildman–Crippen LogP) is 4.17. The minimum Gasteiger partial charge on any atom is -0.493 e. The van der Waals surface area contributed by atoms with E-state index in [0.29, 0.717) is 13.0 Å². The van der Waals surface area contributed by atoms with Crippen molar-refractivity contribution < 1.29 is 23.0 Å². The molecule has 0 radical (unpaired) electrons. The number of halogens is 2. The number of benzene rings is 1. The molecule has 1 aromatic rings. The maximum atomic E-state index is 12.9. The van der Waals surface area contributed by atoms with Gasteiger partial charge in [0.25, 0.3) is 0 Å². The summed E-state index contributed by atoms with van der Waals surface area (Å²) in [6, 6.07) is 4.91. The normalized spacial score (nSPS) is 31.2. The first-order valence-corrected chi connectivity index (χ1v) is 9.87. The number of carbonyl (C=O) groups excluding carboxylic acids is 1. The van der Waals surface area contributed by atoms with Gasteiger partial charge in [0.05, 0.1) is 7.11 Å². The summed E-state index contributed by atoms with van der Waals surface area (Å²) in [6.07, 6.45) is 7.75. The minimum atomic E-state index is -2.88. The van der Waals surface area contributed by atoms with Crippen molar-refractivity contribution in [1.82, 2.24) is 5.32 Å². The van der Waals surface area contributed by atoms with Crippen LogP contribution in [0, 0.1) is 23.2 Å². The van der Waals surface area contributed by atoms with Crippen LogP contribution in [0.25, 0.3) is 0 Å². The predicted molar refractivity (Wildman–Crippen MR) is 96.9 cm³/mol. The molecular formula is C21H27F2NO3. The summed E-state index contributed by atoms with van der Waals surface area (Å²) < 4.78 is 34.4. The summed E-state index contributed by atoms with van der Waals surface area (Å²) >= 11 is 0. The molecule has 0 spiro atoms. The molecule has 4 fully saturated rings. The van der Waals surface area contributed by atoms with E-state index in [2.05, 4.69) is 10.1 Å². The fourth-order valence-corrected chi connectivity index (χ4v) is 5.96. The van der Waals surface area contributed by atoms with Gasteiger partial charge in [0.15, 0.2) is 11.5 Å². The van der Waals surface area contributed by atoms with Gasteiger partial charge < -0.3 is 14.8 Å². The molecule has 0 unspecified atom stereocenters. The number of alkyl halides is 2. The van der Waals surface area contributed by atoms with E-state index >= 15 is 0 Å². The number of hydrogen-bond donors (Lipinski definition) is 1. The van der Waals surface area contributed by atoms with E-state index in [1.165, 1.54) is 32.4 Å². The highest BCUT2D eigenvalue weighted by Gasteiger charge is 2.54. The van der Waals surface area contributed by atoms with Crippen LogP contribution in [-0.2, 0) is 11.2 Å². The van der Waals surface area contributed by atoms with E-state index in [9.17, 15) is 13.6 Å². The quantitative estimate of drug-likeness (QED) is 0.773. The van der Waals surface area contributed by atoms with Gasteiger partial charge in [-0.25, -0.2) is 0 Å². The van der Waals surface area contributed by atoms with Crippen LogP contribution in [0.5, 0.6) is 11.5 Å². The summed E-state index contributed by atoms with van der Waals surface area (Å²) in [6.45, 7) is -2.34. The second-order valence-electron chi connectivity index (χ2n) is 8.57. The second kappa shape index (κ2) is 7.28. The fraction of sp³-hybridized carbons (Fsp3) is 0.667. The lowest BCUT2D eigenvalue weighted by atomic mass is 9.49. The van der Waals surface area contributed by atoms with E-state index in [0.717, 1.165) is 42.6 Å². The lowest BCUT2D eigenvalue weighted by molar-refractivity contribution is -0.146. The average Bonchev–Trinajstić information content (AvgIpc) is 2.61. The van der Waals surface area contributed by atoms with Gasteiger partial charge in [-0.3, -0.25) is 4.79 Å². The topological polar surface area (TPSA) is 47.6 Å². The Labute approximate surface area is 158 Å². The van der Waals surface area contributed by atoms with Crippen molar-refractivity contribution in [2.75, 3.05) is 13.7 Å². The molecule has 4 nitrogen and oxygen atoms in total. The third kappa shape index (κ3) is 3.76. The van der Waals surface area contributed by atoms with Crippen LogP contribution in [0.3, 0.4) is 0 Å². The first kappa shape index (κ1) is 18.5. The first-order chi connectivity index (χ1) is 13.0. The molecule has 1 aromatic carbocycles. The third-order valence-corrected chi connectivity index (χ3v) is 6.66. The third-order valence-electron chi connectivity index (χ3n) is 6.66. The standard InChI is InChI=1S/C21H27F2NO3/c1-26-18-9-13(2-3-17(18)27-20(22)23)4-5-24-19(25)21-10-14-6-15(11-21)8-16(7-14)12-21/h2-3,9,14-16,20H,4-8,10-12H2,1H3,(H,24,25). The van der Waals surface area contributed by atoms with Crippen molar-refractivity contribution in [2.45, 2.75) is 51.6 Å². The molecule has 1 amide bonds. The van der Waals surface area contributed by atoms with Crippen molar-refractivity contribution in [3.05, 3.63) is 23.8 Å². The summed E-state index contributed by atoms with van der Waals surface area (Å²) in [4.78, 5) is 12.9. The molecule has 4 saturated carbocycles. The van der Waals surface area contributed by atoms with Crippen molar-refractivity contribution >= 4 is 5.91 Å². The Kier molecular flexibility index (Phi) is 4.99. The van der Waals surface area contributed by atoms with Gasteiger partial charge in [-0.15, -0.1) is 0 Å². The highest BCUT2D eigenvalue weighted by molar-refractivity contribution is 5.83. The molecule has 6 heteroatoms. The molecular weight excluding hydrogens is 352 g/mol. The Morgan fingerprint density at radius 2 is 1.78 bits per heavy atom. The van der Waals surface area contributed by atoms with Crippen molar-refractivity contribution in [1.29, 1.82) is 0 Å². The van der Waals surface area contributed by atoms with Crippen LogP contribution in [0.2, 0.25) is 0 Å². The van der Waals surface area contributed by atoms with Gasteiger partial charge in [0.2, 0.25) is 5.91 Å². The van der Waals surface area contributed by atoms with Crippen molar-refractivity contribution in [3.8, 4) is 11.5 Å². The largest absolute Gasteiger partial charge is 0.493 e. The van der Waals surface area contributed by atoms with E-state index in [1.807, 2.05) is 0 Å². The molecule has 4 aliphatic rings. The maximum Gasteiger partial charge on any atom is 0.387 e. The van der Waals surface area contributed by atoms with Crippen molar-refractivity contribution in [3.63, 3.8) is 0 Å². The molecule has 0 atom stereocenters. The Hall–Kier alpha value is -1.85. The molecule has 0 saturated heterocycles. The highest BCUT2D eigenvalue weighted by Crippen LogP contribution is 2.60. The van der Waals surface area contributed by atoms with Crippen LogP contribution >= 0.6 is 0 Å². The molecule has 5 rings (SSSR count). The number of nitrogens with one attached hydrogen (secondary N) is 1. The summed E-state index contributed by atoms with van der Waals surface area (Å²) in [5.74, 6) is 2.75. The van der Waals surface area contributed by atoms with Gasteiger partial charge in [0, 0.05) is 12.0 Å². The summed E-state index contributed by atoms with van der Waals surface area (Å²) in [5, 5.41) is 3.14. The van der Waals surface area contributed by atoms with Crippen LogP contribution in [0.1, 0.15) is 44.1 Å². The number of methoxy groups -OCH3 is 1. The van der Waals surface area contributed by atoms with E-state index in [4.69, 9.17) is 4.74 Å². The number of rotatable bonds is 7. The molecule has 27 heavy (non-hydrogen) atoms.